The second kappa shape index (κ2) is 4.03. The maximum Gasteiger partial charge on any atom is 0.0678 e. The minimum absolute atomic E-state index is 0.0702. The third kappa shape index (κ3) is 4.63. The maximum atomic E-state index is 9.27. The molecule has 0 rings (SSSR count). The average molecular weight is 148 g/mol. The maximum absolute atomic E-state index is 9.27. The summed E-state index contributed by atoms with van der Waals surface area (Å²) < 4.78 is 0. The van der Waals surface area contributed by atoms with Crippen molar-refractivity contribution in [2.24, 2.45) is 0 Å². The van der Waals surface area contributed by atoms with E-state index >= 15 is 0 Å². The van der Waals surface area contributed by atoms with E-state index in [9.17, 15) is 5.11 Å². The molecule has 0 fully saturated rings. The van der Waals surface area contributed by atoms with Gasteiger partial charge in [-0.05, 0) is 6.42 Å². The van der Waals surface area contributed by atoms with Gasteiger partial charge in [0.25, 0.3) is 0 Å². The average Bonchev–Trinajstić information content (AvgIpc) is 1.84. The fraction of sp³-hybridized carbons (Fsp3) is 1.00. The number of hydrogen-bond acceptors (Lipinski definition) is 2. The summed E-state index contributed by atoms with van der Waals surface area (Å²) in [5.41, 5.74) is 0. The molecule has 0 aliphatic carbocycles. The molecule has 2 N–H and O–H groups in total. The van der Waals surface area contributed by atoms with Gasteiger partial charge in [-0.15, -0.1) is 0 Å². The largest absolute Gasteiger partial charge is 0.394 e. The molecule has 0 bridgehead atoms. The summed E-state index contributed by atoms with van der Waals surface area (Å²) in [5.74, 6) is 0. The van der Waals surface area contributed by atoms with E-state index in [0.717, 1.165) is 19.3 Å². The van der Waals surface area contributed by atoms with Gasteiger partial charge in [-0.25, -0.2) is 0 Å². The smallest absolute Gasteiger partial charge is 0.0678 e. The Balaban J connectivity index is 3.33. The van der Waals surface area contributed by atoms with E-state index in [2.05, 4.69) is 6.92 Å². The van der Waals surface area contributed by atoms with Crippen LogP contribution in [0.4, 0.5) is 0 Å². The predicted octanol–water partition coefficient (Wildman–Crippen LogP) is -0.777. The van der Waals surface area contributed by atoms with Gasteiger partial charge in [0.05, 0.1) is 11.8 Å². The fourth-order valence-electron chi connectivity index (χ4n) is 0.637. The van der Waals surface area contributed by atoms with Crippen molar-refractivity contribution in [3.05, 3.63) is 0 Å². The molecule has 1 atom stereocenters. The third-order valence-corrected chi connectivity index (χ3v) is 2.23. The first kappa shape index (κ1) is 9.14. The molecule has 0 amide bonds. The van der Waals surface area contributed by atoms with Crippen molar-refractivity contribution in [2.75, 3.05) is 6.61 Å². The van der Waals surface area contributed by atoms with Crippen LogP contribution in [0.3, 0.4) is 0 Å². The Labute approximate surface area is 59.3 Å². The molecule has 9 heavy (non-hydrogen) atoms. The SMILES string of the molecule is CCCCC(O)([SiH3])CO. The van der Waals surface area contributed by atoms with Crippen molar-refractivity contribution < 1.29 is 10.2 Å². The van der Waals surface area contributed by atoms with Crippen molar-refractivity contribution in [3.8, 4) is 0 Å². The molecule has 56 valence electrons. The monoisotopic (exact) mass is 148 g/mol. The summed E-state index contributed by atoms with van der Waals surface area (Å²) in [7, 11) is 0.669. The molecule has 0 spiro atoms. The molecule has 0 aromatic carbocycles. The number of unbranched alkanes of at least 4 members (excludes halogenated alkanes) is 1. The second-order valence-electron chi connectivity index (χ2n) is 2.76. The van der Waals surface area contributed by atoms with E-state index < -0.39 is 5.22 Å². The summed E-state index contributed by atoms with van der Waals surface area (Å²) in [6.07, 6.45) is 2.86. The van der Waals surface area contributed by atoms with Crippen LogP contribution in [-0.4, -0.2) is 32.3 Å². The highest BCUT2D eigenvalue weighted by molar-refractivity contribution is 6.14. The molecule has 0 aliphatic heterocycles. The van der Waals surface area contributed by atoms with Gasteiger partial charge in [-0.2, -0.15) is 0 Å². The summed E-state index contributed by atoms with van der Waals surface area (Å²) in [5, 5.41) is 17.2. The van der Waals surface area contributed by atoms with Crippen LogP contribution in [0.5, 0.6) is 0 Å². The minimum atomic E-state index is -0.712. The lowest BCUT2D eigenvalue weighted by atomic mass is 10.2. The van der Waals surface area contributed by atoms with Crippen molar-refractivity contribution in [1.29, 1.82) is 0 Å². The van der Waals surface area contributed by atoms with Crippen molar-refractivity contribution in [2.45, 2.75) is 31.4 Å². The van der Waals surface area contributed by atoms with Crippen molar-refractivity contribution >= 4 is 10.2 Å². The molecule has 0 aliphatic rings. The highest BCUT2D eigenvalue weighted by Gasteiger charge is 2.16. The van der Waals surface area contributed by atoms with Crippen molar-refractivity contribution in [1.82, 2.24) is 0 Å². The number of aliphatic hydroxyl groups is 2. The van der Waals surface area contributed by atoms with Gasteiger partial charge in [0, 0.05) is 10.2 Å². The lowest BCUT2D eigenvalue weighted by Gasteiger charge is -2.19. The highest BCUT2D eigenvalue weighted by Crippen LogP contribution is 2.08. The third-order valence-electron chi connectivity index (χ3n) is 1.41. The zero-order valence-electron chi connectivity index (χ0n) is 6.22. The summed E-state index contributed by atoms with van der Waals surface area (Å²) in [6.45, 7) is 2.01. The van der Waals surface area contributed by atoms with E-state index in [1.807, 2.05) is 0 Å². The van der Waals surface area contributed by atoms with Gasteiger partial charge in [-0.3, -0.25) is 0 Å². The topological polar surface area (TPSA) is 40.5 Å². The van der Waals surface area contributed by atoms with E-state index in [0.29, 0.717) is 10.2 Å². The zero-order valence-corrected chi connectivity index (χ0v) is 8.22. The number of hydrogen-bond donors (Lipinski definition) is 2. The molecule has 0 saturated carbocycles. The van der Waals surface area contributed by atoms with Crippen LogP contribution in [0.2, 0.25) is 0 Å². The first-order valence-corrected chi connectivity index (χ1v) is 4.45. The van der Waals surface area contributed by atoms with E-state index in [-0.39, 0.29) is 6.61 Å². The van der Waals surface area contributed by atoms with Crippen LogP contribution in [0, 0.1) is 0 Å². The van der Waals surface area contributed by atoms with Gasteiger partial charge in [0.1, 0.15) is 0 Å². The number of rotatable bonds is 4. The van der Waals surface area contributed by atoms with Crippen LogP contribution in [-0.2, 0) is 0 Å². The molecule has 0 radical (unpaired) electrons. The van der Waals surface area contributed by atoms with Crippen molar-refractivity contribution in [3.63, 3.8) is 0 Å². The quantitative estimate of drug-likeness (QED) is 0.514. The molecule has 1 unspecified atom stereocenters. The van der Waals surface area contributed by atoms with Gasteiger partial charge < -0.3 is 10.2 Å². The van der Waals surface area contributed by atoms with Gasteiger partial charge in [0.15, 0.2) is 0 Å². The molecular formula is C6H16O2Si. The molecule has 0 aromatic heterocycles. The van der Waals surface area contributed by atoms with Gasteiger partial charge in [-0.1, -0.05) is 19.8 Å². The Morgan fingerprint density at radius 3 is 2.44 bits per heavy atom. The Morgan fingerprint density at radius 2 is 2.11 bits per heavy atom. The lowest BCUT2D eigenvalue weighted by Crippen LogP contribution is -2.33. The predicted molar refractivity (Wildman–Crippen MR) is 41.5 cm³/mol. The molecule has 0 saturated heterocycles. The van der Waals surface area contributed by atoms with E-state index in [4.69, 9.17) is 5.11 Å². The summed E-state index contributed by atoms with van der Waals surface area (Å²) in [4.78, 5) is 0. The van der Waals surface area contributed by atoms with E-state index in [1.54, 1.807) is 0 Å². The van der Waals surface area contributed by atoms with Crippen LogP contribution < -0.4 is 0 Å². The summed E-state index contributed by atoms with van der Waals surface area (Å²) in [6, 6.07) is 0. The number of aliphatic hydroxyl groups excluding tert-OH is 1. The molecule has 0 aromatic rings. The van der Waals surface area contributed by atoms with E-state index in [1.165, 1.54) is 0 Å². The van der Waals surface area contributed by atoms with Gasteiger partial charge >= 0.3 is 0 Å². The second-order valence-corrected chi connectivity index (χ2v) is 4.62. The highest BCUT2D eigenvalue weighted by atomic mass is 28.1. The normalized spacial score (nSPS) is 17.7. The fourth-order valence-corrected chi connectivity index (χ4v) is 0.990. The zero-order chi connectivity index (χ0) is 7.33. The Morgan fingerprint density at radius 1 is 1.56 bits per heavy atom. The van der Waals surface area contributed by atoms with Crippen LogP contribution in [0.25, 0.3) is 0 Å². The first-order chi connectivity index (χ1) is 4.12. The Bertz CT molecular complexity index is 73.5. The van der Waals surface area contributed by atoms with Gasteiger partial charge in [0.2, 0.25) is 0 Å². The van der Waals surface area contributed by atoms with Crippen LogP contribution in [0.1, 0.15) is 26.2 Å². The minimum Gasteiger partial charge on any atom is -0.394 e. The molecule has 0 heterocycles. The molecule has 2 nitrogen and oxygen atoms in total. The van der Waals surface area contributed by atoms with Crippen LogP contribution >= 0.6 is 0 Å². The molecule has 3 heteroatoms. The summed E-state index contributed by atoms with van der Waals surface area (Å²) >= 11 is 0. The standard InChI is InChI=1S/C6H16O2Si/c1-2-3-4-6(8,9)5-7/h7-8H,2-5H2,1,9H3. The Hall–Kier alpha value is 0.137. The first-order valence-electron chi connectivity index (χ1n) is 3.45. The lowest BCUT2D eigenvalue weighted by molar-refractivity contribution is 0.0484. The van der Waals surface area contributed by atoms with Crippen LogP contribution in [0.15, 0.2) is 0 Å². The Kier molecular flexibility index (Phi) is 4.09. The molecular weight excluding hydrogens is 132 g/mol.